The maximum absolute atomic E-state index is 13.2. The third-order valence-electron chi connectivity index (χ3n) is 8.05. The van der Waals surface area contributed by atoms with Crippen molar-refractivity contribution in [1.29, 1.82) is 0 Å². The Labute approximate surface area is 202 Å². The SMILES string of the molecule is C[C@H]1C(=O)N2[C@@H](CCN3CCC4(CC4)[C@H](O)C3)CO[C@H]2CN1C(=O)Nc1cccc(C(F)(F)F)c1. The average molecular weight is 497 g/mol. The van der Waals surface area contributed by atoms with Crippen LogP contribution in [0.3, 0.4) is 0 Å². The number of halogens is 3. The molecule has 1 aromatic carbocycles. The third-order valence-corrected chi connectivity index (χ3v) is 8.05. The number of nitrogens with one attached hydrogen (secondary N) is 1. The van der Waals surface area contributed by atoms with Crippen LogP contribution >= 0.6 is 0 Å². The molecule has 0 unspecified atom stereocenters. The fourth-order valence-electron chi connectivity index (χ4n) is 5.56. The molecule has 11 heteroatoms. The Morgan fingerprint density at radius 2 is 2.03 bits per heavy atom. The van der Waals surface area contributed by atoms with Crippen molar-refractivity contribution in [3.05, 3.63) is 29.8 Å². The van der Waals surface area contributed by atoms with Crippen molar-refractivity contribution in [2.24, 2.45) is 5.41 Å². The summed E-state index contributed by atoms with van der Waals surface area (Å²) in [6.45, 7) is 4.49. The second-order valence-corrected chi connectivity index (χ2v) is 10.2. The highest BCUT2D eigenvalue weighted by atomic mass is 19.4. The first-order chi connectivity index (χ1) is 16.6. The van der Waals surface area contributed by atoms with Crippen LogP contribution in [0.1, 0.15) is 38.2 Å². The minimum Gasteiger partial charge on any atom is -0.391 e. The number of amides is 3. The fourth-order valence-corrected chi connectivity index (χ4v) is 5.56. The molecule has 8 nitrogen and oxygen atoms in total. The highest BCUT2D eigenvalue weighted by Crippen LogP contribution is 2.53. The molecule has 1 saturated carbocycles. The Morgan fingerprint density at radius 3 is 2.71 bits per heavy atom. The van der Waals surface area contributed by atoms with Gasteiger partial charge in [-0.05, 0) is 62.8 Å². The number of aliphatic hydroxyl groups excluding tert-OH is 1. The molecule has 4 aliphatic rings. The lowest BCUT2D eigenvalue weighted by atomic mass is 9.90. The summed E-state index contributed by atoms with van der Waals surface area (Å²) in [7, 11) is 0. The molecule has 3 aliphatic heterocycles. The van der Waals surface area contributed by atoms with E-state index in [1.54, 1.807) is 11.8 Å². The molecule has 1 spiro atoms. The largest absolute Gasteiger partial charge is 0.416 e. The van der Waals surface area contributed by atoms with Gasteiger partial charge in [0.2, 0.25) is 5.91 Å². The van der Waals surface area contributed by atoms with Gasteiger partial charge in [-0.2, -0.15) is 13.2 Å². The van der Waals surface area contributed by atoms with Crippen LogP contribution in [0.15, 0.2) is 24.3 Å². The maximum Gasteiger partial charge on any atom is 0.416 e. The predicted molar refractivity (Wildman–Crippen MR) is 120 cm³/mol. The maximum atomic E-state index is 13.2. The summed E-state index contributed by atoms with van der Waals surface area (Å²) in [4.78, 5) is 31.3. The number of likely N-dealkylation sites (tertiary alicyclic amines) is 1. The molecule has 4 fully saturated rings. The molecule has 0 bridgehead atoms. The average Bonchev–Trinajstić information content (AvgIpc) is 3.48. The van der Waals surface area contributed by atoms with Gasteiger partial charge in [-0.15, -0.1) is 0 Å². The second-order valence-electron chi connectivity index (χ2n) is 10.2. The Hall–Kier alpha value is -2.37. The van der Waals surface area contributed by atoms with E-state index in [1.165, 1.54) is 17.0 Å². The summed E-state index contributed by atoms with van der Waals surface area (Å²) in [5, 5.41) is 12.9. The number of benzene rings is 1. The van der Waals surface area contributed by atoms with Gasteiger partial charge in [0.25, 0.3) is 0 Å². The number of alkyl halides is 3. The van der Waals surface area contributed by atoms with Crippen molar-refractivity contribution in [2.45, 2.75) is 63.2 Å². The number of urea groups is 1. The van der Waals surface area contributed by atoms with Gasteiger partial charge in [0.15, 0.2) is 6.23 Å². The van der Waals surface area contributed by atoms with Crippen LogP contribution < -0.4 is 5.32 Å². The number of aliphatic hydroxyl groups is 1. The van der Waals surface area contributed by atoms with E-state index in [1.807, 2.05) is 0 Å². The highest BCUT2D eigenvalue weighted by molar-refractivity contribution is 5.94. The van der Waals surface area contributed by atoms with Crippen LogP contribution in [0.2, 0.25) is 0 Å². The normalized spacial score (nSPS) is 30.5. The number of carbonyl (C=O) groups excluding carboxylic acids is 2. The lowest BCUT2D eigenvalue weighted by Gasteiger charge is -2.42. The summed E-state index contributed by atoms with van der Waals surface area (Å²) in [5.74, 6) is -0.237. The van der Waals surface area contributed by atoms with Gasteiger partial charge in [-0.25, -0.2) is 4.79 Å². The molecule has 3 heterocycles. The van der Waals surface area contributed by atoms with Crippen LogP contribution in [0.4, 0.5) is 23.7 Å². The van der Waals surface area contributed by atoms with Crippen molar-refractivity contribution in [2.75, 3.05) is 38.1 Å². The first-order valence-electron chi connectivity index (χ1n) is 12.2. The quantitative estimate of drug-likeness (QED) is 0.670. The number of β-amino-alcohol motifs (C(OH)–C–C–N with tert-alkyl or cyclic N) is 1. The number of piperidine rings is 1. The smallest absolute Gasteiger partial charge is 0.391 e. The number of fused-ring (bicyclic) bond motifs is 1. The van der Waals surface area contributed by atoms with Gasteiger partial charge in [-0.3, -0.25) is 4.79 Å². The van der Waals surface area contributed by atoms with Crippen LogP contribution in [-0.2, 0) is 15.7 Å². The Kier molecular flexibility index (Phi) is 6.21. The minimum atomic E-state index is -4.52. The predicted octanol–water partition coefficient (Wildman–Crippen LogP) is 2.73. The summed E-state index contributed by atoms with van der Waals surface area (Å²) in [6.07, 6.45) is -1.45. The first-order valence-corrected chi connectivity index (χ1v) is 12.2. The molecule has 1 aliphatic carbocycles. The lowest BCUT2D eigenvalue weighted by molar-refractivity contribution is -0.150. The van der Waals surface area contributed by atoms with Gasteiger partial charge < -0.3 is 29.9 Å². The number of piperazine rings is 1. The lowest BCUT2D eigenvalue weighted by Crippen LogP contribution is -2.63. The molecule has 1 aromatic rings. The van der Waals surface area contributed by atoms with Crippen molar-refractivity contribution >= 4 is 17.6 Å². The van der Waals surface area contributed by atoms with E-state index in [0.717, 1.165) is 44.5 Å². The number of hydrogen-bond acceptors (Lipinski definition) is 5. The number of rotatable bonds is 4. The molecular weight excluding hydrogens is 465 g/mol. The van der Waals surface area contributed by atoms with Crippen molar-refractivity contribution in [3.8, 4) is 0 Å². The van der Waals surface area contributed by atoms with Gasteiger partial charge >= 0.3 is 12.2 Å². The van der Waals surface area contributed by atoms with E-state index in [9.17, 15) is 27.9 Å². The number of ether oxygens (including phenoxy) is 1. The molecule has 35 heavy (non-hydrogen) atoms. The van der Waals surface area contributed by atoms with E-state index >= 15 is 0 Å². The summed E-state index contributed by atoms with van der Waals surface area (Å²) >= 11 is 0. The summed E-state index contributed by atoms with van der Waals surface area (Å²) < 4.78 is 44.8. The van der Waals surface area contributed by atoms with Gasteiger partial charge in [0.1, 0.15) is 6.04 Å². The van der Waals surface area contributed by atoms with E-state index in [2.05, 4.69) is 10.2 Å². The van der Waals surface area contributed by atoms with Crippen LogP contribution in [0.25, 0.3) is 0 Å². The Balaban J connectivity index is 1.18. The number of anilines is 1. The van der Waals surface area contributed by atoms with Gasteiger partial charge in [-0.1, -0.05) is 6.07 Å². The van der Waals surface area contributed by atoms with Gasteiger partial charge in [0, 0.05) is 18.8 Å². The van der Waals surface area contributed by atoms with Crippen molar-refractivity contribution in [1.82, 2.24) is 14.7 Å². The van der Waals surface area contributed by atoms with Gasteiger partial charge in [0.05, 0.1) is 30.9 Å². The zero-order valence-electron chi connectivity index (χ0n) is 19.6. The van der Waals surface area contributed by atoms with E-state index in [4.69, 9.17) is 4.74 Å². The van der Waals surface area contributed by atoms with Crippen molar-refractivity contribution in [3.63, 3.8) is 0 Å². The standard InChI is InChI=1S/C24H31F3N4O4/c1-15-21(33)31-18(5-9-29-10-8-23(6-7-23)19(32)12-29)14-35-20(31)13-30(15)22(34)28-17-4-2-3-16(11-17)24(25,26)27/h2-4,11,15,18-20,32H,5-10,12-14H2,1H3,(H,28,34)/t15-,18-,19+,20-/m0/s1. The summed E-state index contributed by atoms with van der Waals surface area (Å²) in [6, 6.07) is 2.87. The topological polar surface area (TPSA) is 85.4 Å². The Morgan fingerprint density at radius 1 is 1.26 bits per heavy atom. The second kappa shape index (κ2) is 8.94. The molecule has 3 saturated heterocycles. The molecular formula is C24H31F3N4O4. The van der Waals surface area contributed by atoms with Crippen molar-refractivity contribution < 1.29 is 32.6 Å². The molecule has 5 rings (SSSR count). The van der Waals surface area contributed by atoms with Crippen LogP contribution in [-0.4, -0.2) is 88.9 Å². The van der Waals surface area contributed by atoms with E-state index < -0.39 is 30.0 Å². The zero-order chi connectivity index (χ0) is 25.0. The first kappa shape index (κ1) is 24.3. The highest BCUT2D eigenvalue weighted by Gasteiger charge is 2.51. The Bertz CT molecular complexity index is 986. The zero-order valence-corrected chi connectivity index (χ0v) is 19.6. The number of hydrogen-bond donors (Lipinski definition) is 2. The molecule has 3 amide bonds. The fraction of sp³-hybridized carbons (Fsp3) is 0.667. The molecule has 0 radical (unpaired) electrons. The van der Waals surface area contributed by atoms with Crippen LogP contribution in [0.5, 0.6) is 0 Å². The number of carbonyl (C=O) groups is 2. The third kappa shape index (κ3) is 4.73. The molecule has 2 N–H and O–H groups in total. The van der Waals surface area contributed by atoms with E-state index in [-0.39, 0.29) is 35.7 Å². The van der Waals surface area contributed by atoms with Crippen LogP contribution in [0, 0.1) is 5.41 Å². The molecule has 4 atom stereocenters. The number of nitrogens with zero attached hydrogens (tertiary/aromatic N) is 3. The molecule has 192 valence electrons. The minimum absolute atomic E-state index is 0.00816. The molecule has 0 aromatic heterocycles. The monoisotopic (exact) mass is 496 g/mol. The van der Waals surface area contributed by atoms with E-state index in [0.29, 0.717) is 19.6 Å². The summed E-state index contributed by atoms with van der Waals surface area (Å²) in [5.41, 5.74) is -0.706.